The van der Waals surface area contributed by atoms with E-state index < -0.39 is 0 Å². The Kier molecular flexibility index (Phi) is 4.93. The molecule has 1 aromatic carbocycles. The van der Waals surface area contributed by atoms with Gasteiger partial charge in [-0.3, -0.25) is 0 Å². The van der Waals surface area contributed by atoms with Gasteiger partial charge in [0.2, 0.25) is 0 Å². The number of thioether (sulfide) groups is 1. The number of rotatable bonds is 5. The van der Waals surface area contributed by atoms with E-state index in [-0.39, 0.29) is 6.04 Å². The molecule has 0 bridgehead atoms. The lowest BCUT2D eigenvalue weighted by molar-refractivity contribution is 0.353. The van der Waals surface area contributed by atoms with Gasteiger partial charge in [-0.25, -0.2) is 0 Å². The predicted octanol–water partition coefficient (Wildman–Crippen LogP) is 3.58. The van der Waals surface area contributed by atoms with Crippen LogP contribution in [0.4, 0.5) is 0 Å². The highest BCUT2D eigenvalue weighted by molar-refractivity contribution is 7.98. The Hall–Kier alpha value is -0.510. The second-order valence-corrected chi connectivity index (χ2v) is 7.21. The first-order chi connectivity index (χ1) is 9.04. The molecule has 1 saturated carbocycles. The van der Waals surface area contributed by atoms with Crippen molar-refractivity contribution in [3.63, 3.8) is 0 Å². The summed E-state index contributed by atoms with van der Waals surface area (Å²) in [5.41, 5.74) is 7.75. The minimum Gasteiger partial charge on any atom is -0.329 e. The molecule has 3 N–H and O–H groups in total. The molecule has 1 aliphatic rings. The van der Waals surface area contributed by atoms with Crippen molar-refractivity contribution in [2.45, 2.75) is 50.1 Å². The van der Waals surface area contributed by atoms with Crippen LogP contribution in [-0.2, 0) is 0 Å². The van der Waals surface area contributed by atoms with Gasteiger partial charge in [0.05, 0.1) is 0 Å². The Balaban J connectivity index is 1.99. The third kappa shape index (κ3) is 3.98. The molecule has 2 unspecified atom stereocenters. The highest BCUT2D eigenvalue weighted by atomic mass is 32.2. The summed E-state index contributed by atoms with van der Waals surface area (Å²) in [4.78, 5) is 1.31. The smallest absolute Gasteiger partial charge is 0.0446 e. The van der Waals surface area contributed by atoms with Crippen LogP contribution < -0.4 is 11.1 Å². The minimum absolute atomic E-state index is 0.287. The number of hydrogen-bond acceptors (Lipinski definition) is 3. The summed E-state index contributed by atoms with van der Waals surface area (Å²) in [6.07, 6.45) is 5.94. The fourth-order valence-corrected chi connectivity index (χ4v) is 3.41. The zero-order chi connectivity index (χ0) is 13.9. The average molecular weight is 278 g/mol. The molecule has 0 saturated heterocycles. The average Bonchev–Trinajstić information content (AvgIpc) is 2.75. The van der Waals surface area contributed by atoms with E-state index in [0.717, 1.165) is 0 Å². The zero-order valence-electron chi connectivity index (χ0n) is 12.3. The summed E-state index contributed by atoms with van der Waals surface area (Å²) in [6, 6.07) is 9.68. The lowest BCUT2D eigenvalue weighted by Crippen LogP contribution is -2.35. The van der Waals surface area contributed by atoms with Crippen molar-refractivity contribution in [1.29, 1.82) is 0 Å². The Morgan fingerprint density at radius 2 is 2.05 bits per heavy atom. The number of nitrogens with two attached hydrogens (primary N) is 1. The maximum absolute atomic E-state index is 5.95. The second kappa shape index (κ2) is 6.29. The van der Waals surface area contributed by atoms with Gasteiger partial charge in [0.25, 0.3) is 0 Å². The van der Waals surface area contributed by atoms with E-state index in [0.29, 0.717) is 18.0 Å². The van der Waals surface area contributed by atoms with Crippen LogP contribution in [0.15, 0.2) is 29.2 Å². The molecule has 19 heavy (non-hydrogen) atoms. The molecule has 0 aromatic heterocycles. The molecule has 0 amide bonds. The van der Waals surface area contributed by atoms with E-state index in [1.807, 2.05) is 0 Å². The summed E-state index contributed by atoms with van der Waals surface area (Å²) in [6.45, 7) is 5.38. The highest BCUT2D eigenvalue weighted by Gasteiger charge is 2.31. The predicted molar refractivity (Wildman–Crippen MR) is 84.6 cm³/mol. The third-order valence-corrected chi connectivity index (χ3v) is 4.90. The van der Waals surface area contributed by atoms with Crippen LogP contribution in [0.25, 0.3) is 0 Å². The second-order valence-electron chi connectivity index (χ2n) is 6.33. The van der Waals surface area contributed by atoms with Crippen molar-refractivity contribution in [1.82, 2.24) is 5.32 Å². The van der Waals surface area contributed by atoms with Gasteiger partial charge < -0.3 is 11.1 Å². The molecule has 0 aliphatic heterocycles. The molecule has 106 valence electrons. The van der Waals surface area contributed by atoms with Crippen molar-refractivity contribution in [3.8, 4) is 0 Å². The molecule has 2 atom stereocenters. The molecule has 2 nitrogen and oxygen atoms in total. The number of nitrogens with one attached hydrogen (secondary N) is 1. The van der Waals surface area contributed by atoms with Crippen LogP contribution in [0.2, 0.25) is 0 Å². The van der Waals surface area contributed by atoms with Gasteiger partial charge in [-0.1, -0.05) is 26.0 Å². The Bertz CT molecular complexity index is 400. The van der Waals surface area contributed by atoms with Gasteiger partial charge in [-0.2, -0.15) is 0 Å². The fraction of sp³-hybridized carbons (Fsp3) is 0.625. The van der Waals surface area contributed by atoms with Crippen molar-refractivity contribution in [2.24, 2.45) is 11.1 Å². The van der Waals surface area contributed by atoms with Crippen LogP contribution >= 0.6 is 11.8 Å². The van der Waals surface area contributed by atoms with Gasteiger partial charge in [-0.05, 0) is 48.6 Å². The molecule has 3 heteroatoms. The van der Waals surface area contributed by atoms with Gasteiger partial charge in [0.1, 0.15) is 0 Å². The number of benzene rings is 1. The third-order valence-electron chi connectivity index (χ3n) is 4.16. The summed E-state index contributed by atoms with van der Waals surface area (Å²) in [5, 5.41) is 3.74. The quantitative estimate of drug-likeness (QED) is 0.809. The Morgan fingerprint density at radius 1 is 1.37 bits per heavy atom. The van der Waals surface area contributed by atoms with Crippen LogP contribution in [0.5, 0.6) is 0 Å². The summed E-state index contributed by atoms with van der Waals surface area (Å²) >= 11 is 1.78. The van der Waals surface area contributed by atoms with E-state index in [1.165, 1.54) is 29.7 Å². The molecule has 2 rings (SSSR count). The first kappa shape index (κ1) is 14.9. The Morgan fingerprint density at radius 3 is 2.53 bits per heavy atom. The fourth-order valence-electron chi connectivity index (χ4n) is 3.00. The zero-order valence-corrected chi connectivity index (χ0v) is 13.1. The summed E-state index contributed by atoms with van der Waals surface area (Å²) in [5.74, 6) is 0. The molecule has 0 heterocycles. The van der Waals surface area contributed by atoms with Gasteiger partial charge in [0.15, 0.2) is 0 Å². The van der Waals surface area contributed by atoms with Crippen molar-refractivity contribution in [2.75, 3.05) is 12.8 Å². The minimum atomic E-state index is 0.287. The normalized spacial score (nSPS) is 23.5. The molecular weight excluding hydrogens is 252 g/mol. The van der Waals surface area contributed by atoms with Gasteiger partial charge in [0, 0.05) is 23.5 Å². The lowest BCUT2D eigenvalue weighted by atomic mass is 9.91. The van der Waals surface area contributed by atoms with Crippen molar-refractivity contribution >= 4 is 11.8 Å². The monoisotopic (exact) mass is 278 g/mol. The first-order valence-corrected chi connectivity index (χ1v) is 8.36. The molecular formula is C16H26N2S. The van der Waals surface area contributed by atoms with E-state index in [1.54, 1.807) is 11.8 Å². The van der Waals surface area contributed by atoms with Crippen LogP contribution in [-0.4, -0.2) is 18.8 Å². The van der Waals surface area contributed by atoms with Crippen molar-refractivity contribution < 1.29 is 0 Å². The molecule has 1 aliphatic carbocycles. The van der Waals surface area contributed by atoms with Crippen LogP contribution in [0.1, 0.15) is 44.7 Å². The molecule has 0 spiro atoms. The standard InChI is InChI=1S/C16H26N2S/c1-16(2)9-8-13(10-16)18-15(11-17)12-4-6-14(19-3)7-5-12/h4-7,13,15,18H,8-11,17H2,1-3H3. The van der Waals surface area contributed by atoms with E-state index in [4.69, 9.17) is 5.73 Å². The molecule has 1 aromatic rings. The maximum Gasteiger partial charge on any atom is 0.0446 e. The van der Waals surface area contributed by atoms with E-state index in [9.17, 15) is 0 Å². The van der Waals surface area contributed by atoms with Gasteiger partial charge >= 0.3 is 0 Å². The number of hydrogen-bond donors (Lipinski definition) is 2. The maximum atomic E-state index is 5.95. The van der Waals surface area contributed by atoms with E-state index >= 15 is 0 Å². The SMILES string of the molecule is CSc1ccc(C(CN)NC2CCC(C)(C)C2)cc1. The van der Waals surface area contributed by atoms with Crippen LogP contribution in [0.3, 0.4) is 0 Å². The summed E-state index contributed by atoms with van der Waals surface area (Å²) in [7, 11) is 0. The van der Waals surface area contributed by atoms with Gasteiger partial charge in [-0.15, -0.1) is 11.8 Å². The molecule has 0 radical (unpaired) electrons. The topological polar surface area (TPSA) is 38.0 Å². The lowest BCUT2D eigenvalue weighted by Gasteiger charge is -2.24. The largest absolute Gasteiger partial charge is 0.329 e. The van der Waals surface area contributed by atoms with Crippen LogP contribution in [0, 0.1) is 5.41 Å². The summed E-state index contributed by atoms with van der Waals surface area (Å²) < 4.78 is 0. The van der Waals surface area contributed by atoms with E-state index in [2.05, 4.69) is 49.7 Å². The molecule has 1 fully saturated rings. The van der Waals surface area contributed by atoms with Crippen molar-refractivity contribution in [3.05, 3.63) is 29.8 Å². The highest BCUT2D eigenvalue weighted by Crippen LogP contribution is 2.37. The first-order valence-electron chi connectivity index (χ1n) is 7.14. The Labute approximate surface area is 121 Å².